The third kappa shape index (κ3) is 2.29. The van der Waals surface area contributed by atoms with Gasteiger partial charge in [-0.25, -0.2) is 9.78 Å². The number of carboxylic acids is 1. The van der Waals surface area contributed by atoms with Gasteiger partial charge in [-0.15, -0.1) is 0 Å². The fraction of sp³-hybridized carbons (Fsp3) is 0.182. The monoisotopic (exact) mass is 252 g/mol. The van der Waals surface area contributed by atoms with Gasteiger partial charge in [0, 0.05) is 12.4 Å². The van der Waals surface area contributed by atoms with Crippen LogP contribution in [0.5, 0.6) is 5.75 Å². The second-order valence-electron chi connectivity index (χ2n) is 3.40. The van der Waals surface area contributed by atoms with Gasteiger partial charge < -0.3 is 9.84 Å². The van der Waals surface area contributed by atoms with Crippen LogP contribution in [0.1, 0.15) is 6.92 Å². The van der Waals surface area contributed by atoms with E-state index < -0.39 is 12.1 Å². The Bertz CT molecular complexity index is 574. The topological polar surface area (TPSA) is 72.3 Å². The minimum Gasteiger partial charge on any atom is -0.479 e. The smallest absolute Gasteiger partial charge is 0.344 e. The van der Waals surface area contributed by atoms with Gasteiger partial charge in [0.1, 0.15) is 16.8 Å². The standard InChI is InChI=1S/C11H9ClN2O3/c1-6(11(15)16)17-8-3-2-7(12)9-10(8)14-5-4-13-9/h2-6H,1H3,(H,15,16). The zero-order valence-electron chi connectivity index (χ0n) is 8.92. The Morgan fingerprint density at radius 3 is 2.65 bits per heavy atom. The molecule has 0 amide bonds. The van der Waals surface area contributed by atoms with E-state index in [0.29, 0.717) is 21.8 Å². The van der Waals surface area contributed by atoms with Crippen molar-refractivity contribution < 1.29 is 14.6 Å². The van der Waals surface area contributed by atoms with Gasteiger partial charge in [0.2, 0.25) is 0 Å². The van der Waals surface area contributed by atoms with E-state index in [9.17, 15) is 4.79 Å². The summed E-state index contributed by atoms with van der Waals surface area (Å²) in [6.45, 7) is 1.44. The molecule has 1 unspecified atom stereocenters. The first-order chi connectivity index (χ1) is 8.09. The van der Waals surface area contributed by atoms with Crippen LogP contribution in [-0.2, 0) is 4.79 Å². The fourth-order valence-corrected chi connectivity index (χ4v) is 1.54. The largest absolute Gasteiger partial charge is 0.479 e. The Morgan fingerprint density at radius 2 is 2.00 bits per heavy atom. The predicted octanol–water partition coefficient (Wildman–Crippen LogP) is 2.14. The zero-order valence-corrected chi connectivity index (χ0v) is 9.68. The lowest BCUT2D eigenvalue weighted by Crippen LogP contribution is -2.23. The molecular formula is C11H9ClN2O3. The summed E-state index contributed by atoms with van der Waals surface area (Å²) in [5.74, 6) is -0.690. The number of ether oxygens (including phenoxy) is 1. The predicted molar refractivity (Wildman–Crippen MR) is 62.3 cm³/mol. The summed E-state index contributed by atoms with van der Waals surface area (Å²) >= 11 is 5.95. The molecule has 0 spiro atoms. The molecule has 0 saturated heterocycles. The third-order valence-corrected chi connectivity index (χ3v) is 2.50. The Labute approximate surface area is 102 Å². The summed E-state index contributed by atoms with van der Waals surface area (Å²) in [5.41, 5.74) is 0.942. The highest BCUT2D eigenvalue weighted by atomic mass is 35.5. The summed E-state index contributed by atoms with van der Waals surface area (Å²) in [5, 5.41) is 9.23. The quantitative estimate of drug-likeness (QED) is 0.906. The summed E-state index contributed by atoms with van der Waals surface area (Å²) < 4.78 is 5.28. The maximum Gasteiger partial charge on any atom is 0.344 e. The van der Waals surface area contributed by atoms with Crippen LogP contribution in [0.25, 0.3) is 11.0 Å². The van der Waals surface area contributed by atoms with Crippen molar-refractivity contribution >= 4 is 28.6 Å². The van der Waals surface area contributed by atoms with Crippen LogP contribution >= 0.6 is 11.6 Å². The zero-order chi connectivity index (χ0) is 12.4. The number of carbonyl (C=O) groups is 1. The maximum absolute atomic E-state index is 10.7. The van der Waals surface area contributed by atoms with Gasteiger partial charge in [0.05, 0.1) is 5.02 Å². The number of aromatic nitrogens is 2. The molecule has 88 valence electrons. The van der Waals surface area contributed by atoms with Crippen LogP contribution in [0, 0.1) is 0 Å². The Morgan fingerprint density at radius 1 is 1.35 bits per heavy atom. The van der Waals surface area contributed by atoms with Crippen LogP contribution in [0.2, 0.25) is 5.02 Å². The molecule has 17 heavy (non-hydrogen) atoms. The average Bonchev–Trinajstić information content (AvgIpc) is 2.33. The van der Waals surface area contributed by atoms with Crippen molar-refractivity contribution in [2.45, 2.75) is 13.0 Å². The molecule has 0 aliphatic rings. The van der Waals surface area contributed by atoms with Crippen molar-refractivity contribution in [2.24, 2.45) is 0 Å². The lowest BCUT2D eigenvalue weighted by atomic mass is 10.2. The molecule has 0 radical (unpaired) electrons. The number of halogens is 1. The van der Waals surface area contributed by atoms with Gasteiger partial charge in [-0.05, 0) is 19.1 Å². The number of hydrogen-bond acceptors (Lipinski definition) is 4. The van der Waals surface area contributed by atoms with Gasteiger partial charge in [-0.1, -0.05) is 11.6 Å². The summed E-state index contributed by atoms with van der Waals surface area (Å²) in [6, 6.07) is 3.18. The molecule has 1 aromatic heterocycles. The molecule has 0 saturated carbocycles. The van der Waals surface area contributed by atoms with Crippen LogP contribution in [0.4, 0.5) is 0 Å². The number of carboxylic acid groups (broad SMARTS) is 1. The van der Waals surface area contributed by atoms with Gasteiger partial charge >= 0.3 is 5.97 Å². The molecule has 1 N–H and O–H groups in total. The minimum absolute atomic E-state index is 0.354. The summed E-state index contributed by atoms with van der Waals surface area (Å²) in [4.78, 5) is 18.9. The van der Waals surface area contributed by atoms with E-state index >= 15 is 0 Å². The van der Waals surface area contributed by atoms with Crippen LogP contribution in [0.15, 0.2) is 24.5 Å². The molecule has 0 aliphatic carbocycles. The van der Waals surface area contributed by atoms with E-state index in [1.807, 2.05) is 0 Å². The first-order valence-corrected chi connectivity index (χ1v) is 5.26. The lowest BCUT2D eigenvalue weighted by molar-refractivity contribution is -0.144. The Balaban J connectivity index is 2.48. The van der Waals surface area contributed by atoms with Gasteiger partial charge in [0.15, 0.2) is 6.10 Å². The second kappa shape index (κ2) is 4.55. The van der Waals surface area contributed by atoms with Gasteiger partial charge in [-0.3, -0.25) is 4.98 Å². The lowest BCUT2D eigenvalue weighted by Gasteiger charge is -2.12. The molecule has 6 heteroatoms. The molecule has 0 bridgehead atoms. The molecule has 5 nitrogen and oxygen atoms in total. The van der Waals surface area contributed by atoms with Crippen LogP contribution in [-0.4, -0.2) is 27.1 Å². The van der Waals surface area contributed by atoms with E-state index in [0.717, 1.165) is 0 Å². The number of rotatable bonds is 3. The molecular weight excluding hydrogens is 244 g/mol. The molecule has 0 fully saturated rings. The summed E-state index contributed by atoms with van der Waals surface area (Å²) in [7, 11) is 0. The van der Waals surface area contributed by atoms with Crippen molar-refractivity contribution in [3.63, 3.8) is 0 Å². The summed E-state index contributed by atoms with van der Waals surface area (Å²) in [6.07, 6.45) is 2.05. The molecule has 0 aliphatic heterocycles. The van der Waals surface area contributed by atoms with Crippen molar-refractivity contribution in [3.05, 3.63) is 29.5 Å². The minimum atomic E-state index is -1.04. The molecule has 1 aromatic carbocycles. The Hall–Kier alpha value is -1.88. The average molecular weight is 253 g/mol. The first-order valence-electron chi connectivity index (χ1n) is 4.88. The highest BCUT2D eigenvalue weighted by molar-refractivity contribution is 6.35. The molecule has 1 heterocycles. The number of hydrogen-bond donors (Lipinski definition) is 1. The van der Waals surface area contributed by atoms with E-state index in [1.165, 1.54) is 19.3 Å². The molecule has 1 atom stereocenters. The van der Waals surface area contributed by atoms with Crippen molar-refractivity contribution in [3.8, 4) is 5.75 Å². The Kier molecular flexibility index (Phi) is 3.10. The van der Waals surface area contributed by atoms with Gasteiger partial charge in [-0.2, -0.15) is 0 Å². The van der Waals surface area contributed by atoms with Crippen molar-refractivity contribution in [1.29, 1.82) is 0 Å². The van der Waals surface area contributed by atoms with Gasteiger partial charge in [0.25, 0.3) is 0 Å². The van der Waals surface area contributed by atoms with E-state index in [-0.39, 0.29) is 0 Å². The van der Waals surface area contributed by atoms with E-state index in [1.54, 1.807) is 12.1 Å². The number of benzene rings is 1. The first kappa shape index (κ1) is 11.6. The molecule has 2 aromatic rings. The van der Waals surface area contributed by atoms with E-state index in [4.69, 9.17) is 21.4 Å². The highest BCUT2D eigenvalue weighted by Crippen LogP contribution is 2.28. The number of fused-ring (bicyclic) bond motifs is 1. The highest BCUT2D eigenvalue weighted by Gasteiger charge is 2.15. The number of nitrogens with zero attached hydrogens (tertiary/aromatic N) is 2. The van der Waals surface area contributed by atoms with E-state index in [2.05, 4.69) is 9.97 Å². The van der Waals surface area contributed by atoms with Crippen LogP contribution < -0.4 is 4.74 Å². The normalized spacial score (nSPS) is 12.4. The second-order valence-corrected chi connectivity index (χ2v) is 3.80. The number of aliphatic carboxylic acids is 1. The fourth-order valence-electron chi connectivity index (χ4n) is 1.34. The third-order valence-electron chi connectivity index (χ3n) is 2.19. The SMILES string of the molecule is CC(Oc1ccc(Cl)c2nccnc12)C(=O)O. The maximum atomic E-state index is 10.7. The molecule has 2 rings (SSSR count). The van der Waals surface area contributed by atoms with Crippen LogP contribution in [0.3, 0.4) is 0 Å². The van der Waals surface area contributed by atoms with Crippen molar-refractivity contribution in [2.75, 3.05) is 0 Å². The van der Waals surface area contributed by atoms with Crippen molar-refractivity contribution in [1.82, 2.24) is 9.97 Å².